The van der Waals surface area contributed by atoms with Gasteiger partial charge in [-0.25, -0.2) is 0 Å². The lowest BCUT2D eigenvalue weighted by Gasteiger charge is -2.30. The molecule has 2 aliphatic heterocycles. The zero-order valence-corrected chi connectivity index (χ0v) is 13.0. The van der Waals surface area contributed by atoms with E-state index in [-0.39, 0.29) is 0 Å². The molecule has 1 fully saturated rings. The molecule has 1 N–H and O–H groups in total. The van der Waals surface area contributed by atoms with Crippen LogP contribution in [0.5, 0.6) is 5.75 Å². The van der Waals surface area contributed by atoms with E-state index in [1.54, 1.807) is 0 Å². The minimum absolute atomic E-state index is 0.312. The Morgan fingerprint density at radius 3 is 2.90 bits per heavy atom. The summed E-state index contributed by atoms with van der Waals surface area (Å²) < 4.78 is 5.73. The van der Waals surface area contributed by atoms with Gasteiger partial charge in [0.15, 0.2) is 0 Å². The Hall–Kier alpha value is -1.55. The third kappa shape index (κ3) is 3.21. The molecule has 1 saturated heterocycles. The molecule has 21 heavy (non-hydrogen) atoms. The number of likely N-dealkylation sites (tertiary alicyclic amines) is 1. The van der Waals surface area contributed by atoms with Crippen LogP contribution in [0.25, 0.3) is 0 Å². The largest absolute Gasteiger partial charge is 0.494 e. The number of unbranched alkanes of at least 4 members (excludes halogenated alkanes) is 1. The van der Waals surface area contributed by atoms with Crippen LogP contribution in [-0.4, -0.2) is 37.4 Å². The van der Waals surface area contributed by atoms with Gasteiger partial charge in [-0.2, -0.15) is 5.10 Å². The summed E-state index contributed by atoms with van der Waals surface area (Å²) in [7, 11) is 2.19. The van der Waals surface area contributed by atoms with E-state index in [4.69, 9.17) is 4.74 Å². The maximum absolute atomic E-state index is 5.73. The van der Waals surface area contributed by atoms with Crippen molar-refractivity contribution >= 4 is 5.71 Å². The highest BCUT2D eigenvalue weighted by atomic mass is 16.5. The van der Waals surface area contributed by atoms with Crippen molar-refractivity contribution in [3.63, 3.8) is 0 Å². The minimum Gasteiger partial charge on any atom is -0.494 e. The summed E-state index contributed by atoms with van der Waals surface area (Å²) >= 11 is 0. The van der Waals surface area contributed by atoms with Crippen molar-refractivity contribution in [2.45, 2.75) is 32.2 Å². The molecule has 3 rings (SSSR count). The average molecular weight is 287 g/mol. The number of hydrazone groups is 1. The third-order valence-corrected chi connectivity index (χ3v) is 4.44. The van der Waals surface area contributed by atoms with E-state index in [0.29, 0.717) is 12.0 Å². The first-order chi connectivity index (χ1) is 10.3. The van der Waals surface area contributed by atoms with Gasteiger partial charge in [-0.1, -0.05) is 25.5 Å². The van der Waals surface area contributed by atoms with E-state index in [1.807, 2.05) is 0 Å². The second-order valence-corrected chi connectivity index (χ2v) is 6.10. The summed E-state index contributed by atoms with van der Waals surface area (Å²) in [5, 5.41) is 4.54. The van der Waals surface area contributed by atoms with Crippen LogP contribution in [0.2, 0.25) is 0 Å². The molecular formula is C17H25N3O. The number of benzene rings is 1. The van der Waals surface area contributed by atoms with E-state index in [1.165, 1.54) is 17.7 Å². The van der Waals surface area contributed by atoms with Crippen LogP contribution in [0.3, 0.4) is 0 Å². The Kier molecular flexibility index (Phi) is 4.44. The fourth-order valence-electron chi connectivity index (χ4n) is 3.11. The number of nitrogens with zero attached hydrogens (tertiary/aromatic N) is 2. The highest BCUT2D eigenvalue weighted by Gasteiger charge is 2.35. The van der Waals surface area contributed by atoms with E-state index >= 15 is 0 Å². The van der Waals surface area contributed by atoms with E-state index in [0.717, 1.165) is 38.3 Å². The highest BCUT2D eigenvalue weighted by molar-refractivity contribution is 5.89. The van der Waals surface area contributed by atoms with Crippen LogP contribution in [0.15, 0.2) is 29.4 Å². The summed E-state index contributed by atoms with van der Waals surface area (Å²) in [5.41, 5.74) is 5.96. The second-order valence-electron chi connectivity index (χ2n) is 6.10. The van der Waals surface area contributed by atoms with E-state index in [9.17, 15) is 0 Å². The quantitative estimate of drug-likeness (QED) is 0.846. The van der Waals surface area contributed by atoms with Crippen LogP contribution in [-0.2, 0) is 0 Å². The minimum atomic E-state index is 0.312. The monoisotopic (exact) mass is 287 g/mol. The molecule has 1 aromatic rings. The zero-order chi connectivity index (χ0) is 14.7. The van der Waals surface area contributed by atoms with Crippen LogP contribution >= 0.6 is 0 Å². The molecule has 0 radical (unpaired) electrons. The van der Waals surface area contributed by atoms with Gasteiger partial charge in [-0.05, 0) is 31.2 Å². The molecule has 0 aromatic heterocycles. The van der Waals surface area contributed by atoms with Crippen LogP contribution in [0, 0.1) is 5.92 Å². The Bertz CT molecular complexity index is 497. The van der Waals surface area contributed by atoms with Gasteiger partial charge in [-0.15, -0.1) is 0 Å². The Balaban J connectivity index is 1.64. The van der Waals surface area contributed by atoms with Gasteiger partial charge in [0.2, 0.25) is 0 Å². The average Bonchev–Trinajstić information content (AvgIpc) is 2.91. The summed E-state index contributed by atoms with van der Waals surface area (Å²) in [6, 6.07) is 8.82. The molecule has 0 aliphatic carbocycles. The molecule has 2 unspecified atom stereocenters. The normalized spacial score (nSPS) is 25.1. The molecule has 4 heteroatoms. The van der Waals surface area contributed by atoms with Gasteiger partial charge in [0, 0.05) is 31.1 Å². The zero-order valence-electron chi connectivity index (χ0n) is 13.0. The van der Waals surface area contributed by atoms with Crippen molar-refractivity contribution < 1.29 is 4.74 Å². The standard InChI is InChI=1S/C17H25N3O/c1-3-4-11-21-14-7-5-13(6-8-14)17-15-12-20(2)10-9-16(15)18-19-17/h5-8,15,17,19H,3-4,9-12H2,1-2H3. The Labute approximate surface area is 127 Å². The molecule has 2 heterocycles. The second kappa shape index (κ2) is 6.48. The lowest BCUT2D eigenvalue weighted by molar-refractivity contribution is 0.272. The number of ether oxygens (including phenoxy) is 1. The molecule has 2 atom stereocenters. The van der Waals surface area contributed by atoms with Gasteiger partial charge in [0.05, 0.1) is 12.6 Å². The van der Waals surface area contributed by atoms with Gasteiger partial charge in [0.1, 0.15) is 5.75 Å². The summed E-state index contributed by atoms with van der Waals surface area (Å²) in [6.07, 6.45) is 3.36. The number of nitrogens with one attached hydrogen (secondary N) is 1. The van der Waals surface area contributed by atoms with Crippen LogP contribution in [0.1, 0.15) is 37.8 Å². The van der Waals surface area contributed by atoms with Crippen molar-refractivity contribution in [1.29, 1.82) is 0 Å². The third-order valence-electron chi connectivity index (χ3n) is 4.44. The highest BCUT2D eigenvalue weighted by Crippen LogP contribution is 2.32. The topological polar surface area (TPSA) is 36.9 Å². The predicted molar refractivity (Wildman–Crippen MR) is 85.8 cm³/mol. The molecule has 2 aliphatic rings. The van der Waals surface area contributed by atoms with Crippen molar-refractivity contribution in [1.82, 2.24) is 10.3 Å². The van der Waals surface area contributed by atoms with E-state index in [2.05, 4.69) is 53.7 Å². The molecule has 0 saturated carbocycles. The number of piperidine rings is 1. The fourth-order valence-corrected chi connectivity index (χ4v) is 3.11. The van der Waals surface area contributed by atoms with E-state index < -0.39 is 0 Å². The smallest absolute Gasteiger partial charge is 0.119 e. The van der Waals surface area contributed by atoms with Gasteiger partial charge in [-0.3, -0.25) is 0 Å². The van der Waals surface area contributed by atoms with Gasteiger partial charge in [0.25, 0.3) is 0 Å². The molecule has 0 spiro atoms. The summed E-state index contributed by atoms with van der Waals surface area (Å²) in [4.78, 5) is 2.39. The molecule has 114 valence electrons. The first kappa shape index (κ1) is 14.4. The Morgan fingerprint density at radius 2 is 2.14 bits per heavy atom. The SMILES string of the molecule is CCCCOc1ccc(C2NN=C3CCN(C)CC32)cc1. The lowest BCUT2D eigenvalue weighted by atomic mass is 9.86. The van der Waals surface area contributed by atoms with Crippen LogP contribution in [0.4, 0.5) is 0 Å². The van der Waals surface area contributed by atoms with Gasteiger partial charge >= 0.3 is 0 Å². The summed E-state index contributed by atoms with van der Waals surface area (Å²) in [5.74, 6) is 1.47. The maximum Gasteiger partial charge on any atom is 0.119 e. The number of hydrogen-bond donors (Lipinski definition) is 1. The number of fused-ring (bicyclic) bond motifs is 1. The fraction of sp³-hybridized carbons (Fsp3) is 0.588. The molecule has 1 aromatic carbocycles. The van der Waals surface area contributed by atoms with Crippen molar-refractivity contribution in [2.24, 2.45) is 11.0 Å². The summed E-state index contributed by atoms with van der Waals surface area (Å²) in [6.45, 7) is 5.19. The number of hydrogen-bond acceptors (Lipinski definition) is 4. The van der Waals surface area contributed by atoms with Crippen molar-refractivity contribution in [3.05, 3.63) is 29.8 Å². The first-order valence-corrected chi connectivity index (χ1v) is 8.01. The first-order valence-electron chi connectivity index (χ1n) is 8.01. The molecular weight excluding hydrogens is 262 g/mol. The Morgan fingerprint density at radius 1 is 1.33 bits per heavy atom. The molecule has 4 nitrogen and oxygen atoms in total. The lowest BCUT2D eigenvalue weighted by Crippen LogP contribution is -2.39. The van der Waals surface area contributed by atoms with Gasteiger partial charge < -0.3 is 15.1 Å². The van der Waals surface area contributed by atoms with Crippen molar-refractivity contribution in [2.75, 3.05) is 26.7 Å². The van der Waals surface area contributed by atoms with Crippen LogP contribution < -0.4 is 10.2 Å². The molecule has 0 amide bonds. The predicted octanol–water partition coefficient (Wildman–Crippen LogP) is 2.82. The van der Waals surface area contributed by atoms with Crippen molar-refractivity contribution in [3.8, 4) is 5.75 Å². The number of rotatable bonds is 5. The molecule has 0 bridgehead atoms. The maximum atomic E-state index is 5.73.